The molecule has 0 radical (unpaired) electrons. The molecule has 0 saturated heterocycles. The standard InChI is InChI=1S/C26H24N2O3/c1-19-7-13-25(30-2)21(17-19)10-14-26(29)28-24-6-4-3-5-22(24)18-31-23-11-8-20(9-12-23)15-16-27/h3-14,17H,15,18H2,1-2H3,(H,28,29)/b14-10+. The Labute approximate surface area is 182 Å². The topological polar surface area (TPSA) is 71.3 Å². The molecule has 0 fully saturated rings. The maximum atomic E-state index is 12.5. The second-order valence-electron chi connectivity index (χ2n) is 6.99. The quantitative estimate of drug-likeness (QED) is 0.510. The van der Waals surface area contributed by atoms with Crippen molar-refractivity contribution in [3.05, 3.63) is 95.1 Å². The van der Waals surface area contributed by atoms with Crippen LogP contribution in [0.15, 0.2) is 72.8 Å². The highest BCUT2D eigenvalue weighted by molar-refractivity contribution is 6.02. The van der Waals surface area contributed by atoms with Gasteiger partial charge in [0.05, 0.1) is 19.6 Å². The first kappa shape index (κ1) is 21.7. The van der Waals surface area contributed by atoms with Gasteiger partial charge in [0.2, 0.25) is 5.91 Å². The second kappa shape index (κ2) is 10.7. The van der Waals surface area contributed by atoms with Crippen molar-refractivity contribution < 1.29 is 14.3 Å². The number of ether oxygens (including phenoxy) is 2. The predicted molar refractivity (Wildman–Crippen MR) is 122 cm³/mol. The van der Waals surface area contributed by atoms with Crippen LogP contribution in [0.1, 0.15) is 22.3 Å². The lowest BCUT2D eigenvalue weighted by molar-refractivity contribution is -0.111. The third-order valence-electron chi connectivity index (χ3n) is 4.68. The average molecular weight is 412 g/mol. The Morgan fingerprint density at radius 3 is 2.61 bits per heavy atom. The zero-order chi connectivity index (χ0) is 22.1. The molecule has 0 aliphatic heterocycles. The average Bonchev–Trinajstić information content (AvgIpc) is 2.78. The fraction of sp³-hybridized carbons (Fsp3) is 0.154. The van der Waals surface area contributed by atoms with Crippen molar-refractivity contribution in [2.75, 3.05) is 12.4 Å². The normalized spacial score (nSPS) is 10.5. The van der Waals surface area contributed by atoms with Gasteiger partial charge in [-0.3, -0.25) is 4.79 Å². The molecular weight excluding hydrogens is 388 g/mol. The van der Waals surface area contributed by atoms with Gasteiger partial charge in [0.25, 0.3) is 0 Å². The first-order chi connectivity index (χ1) is 15.1. The molecule has 3 aromatic carbocycles. The highest BCUT2D eigenvalue weighted by Gasteiger charge is 2.07. The summed E-state index contributed by atoms with van der Waals surface area (Å²) in [6.07, 6.45) is 3.60. The fourth-order valence-corrected chi connectivity index (χ4v) is 3.05. The smallest absolute Gasteiger partial charge is 0.248 e. The van der Waals surface area contributed by atoms with Gasteiger partial charge in [0.1, 0.15) is 18.1 Å². The van der Waals surface area contributed by atoms with Crippen LogP contribution < -0.4 is 14.8 Å². The van der Waals surface area contributed by atoms with Gasteiger partial charge >= 0.3 is 0 Å². The predicted octanol–water partition coefficient (Wildman–Crippen LogP) is 5.30. The number of carbonyl (C=O) groups is 1. The van der Waals surface area contributed by atoms with E-state index in [0.29, 0.717) is 30.2 Å². The molecule has 0 unspecified atom stereocenters. The monoisotopic (exact) mass is 412 g/mol. The van der Waals surface area contributed by atoms with Crippen LogP contribution in [0, 0.1) is 18.3 Å². The van der Waals surface area contributed by atoms with Crippen LogP contribution in [0.3, 0.4) is 0 Å². The summed E-state index contributed by atoms with van der Waals surface area (Å²) >= 11 is 0. The van der Waals surface area contributed by atoms with Crippen LogP contribution in [0.2, 0.25) is 0 Å². The Morgan fingerprint density at radius 1 is 1.10 bits per heavy atom. The van der Waals surface area contributed by atoms with Crippen LogP contribution in [-0.2, 0) is 17.8 Å². The molecule has 3 aromatic rings. The summed E-state index contributed by atoms with van der Waals surface area (Å²) in [7, 11) is 1.61. The lowest BCUT2D eigenvalue weighted by atomic mass is 10.1. The van der Waals surface area contributed by atoms with Crippen molar-refractivity contribution >= 4 is 17.7 Å². The minimum Gasteiger partial charge on any atom is -0.496 e. The Hall–Kier alpha value is -4.04. The van der Waals surface area contributed by atoms with E-state index in [1.54, 1.807) is 13.2 Å². The van der Waals surface area contributed by atoms with Gasteiger partial charge in [-0.15, -0.1) is 0 Å². The Balaban J connectivity index is 1.65. The van der Waals surface area contributed by atoms with E-state index >= 15 is 0 Å². The van der Waals surface area contributed by atoms with E-state index in [1.165, 1.54) is 6.08 Å². The van der Waals surface area contributed by atoms with Crippen molar-refractivity contribution in [2.24, 2.45) is 0 Å². The molecule has 0 spiro atoms. The minimum absolute atomic E-state index is 0.239. The third-order valence-corrected chi connectivity index (χ3v) is 4.68. The van der Waals surface area contributed by atoms with Gasteiger partial charge in [-0.05, 0) is 48.9 Å². The zero-order valence-corrected chi connectivity index (χ0v) is 17.6. The number of nitrogens with zero attached hydrogens (tertiary/aromatic N) is 1. The van der Waals surface area contributed by atoms with Crippen LogP contribution in [-0.4, -0.2) is 13.0 Å². The number of hydrogen-bond donors (Lipinski definition) is 1. The summed E-state index contributed by atoms with van der Waals surface area (Å²) in [4.78, 5) is 12.5. The molecule has 0 aliphatic carbocycles. The van der Waals surface area contributed by atoms with Crippen LogP contribution in [0.5, 0.6) is 11.5 Å². The van der Waals surface area contributed by atoms with Gasteiger partial charge in [-0.1, -0.05) is 42.0 Å². The molecule has 1 N–H and O–H groups in total. The van der Waals surface area contributed by atoms with Crippen LogP contribution >= 0.6 is 0 Å². The van der Waals surface area contributed by atoms with Crippen molar-refractivity contribution in [1.82, 2.24) is 0 Å². The van der Waals surface area contributed by atoms with Crippen molar-refractivity contribution in [1.29, 1.82) is 5.26 Å². The maximum Gasteiger partial charge on any atom is 0.248 e. The van der Waals surface area contributed by atoms with E-state index in [1.807, 2.05) is 73.7 Å². The highest BCUT2D eigenvalue weighted by atomic mass is 16.5. The number of nitriles is 1. The second-order valence-corrected chi connectivity index (χ2v) is 6.99. The number of hydrogen-bond acceptors (Lipinski definition) is 4. The lowest BCUT2D eigenvalue weighted by Gasteiger charge is -2.12. The molecule has 156 valence electrons. The van der Waals surface area contributed by atoms with Gasteiger partial charge in [-0.25, -0.2) is 0 Å². The molecule has 5 nitrogen and oxygen atoms in total. The fourth-order valence-electron chi connectivity index (χ4n) is 3.05. The lowest BCUT2D eigenvalue weighted by Crippen LogP contribution is -2.10. The van der Waals surface area contributed by atoms with Crippen molar-refractivity contribution in [2.45, 2.75) is 20.0 Å². The van der Waals surface area contributed by atoms with Crippen LogP contribution in [0.25, 0.3) is 6.08 Å². The van der Waals surface area contributed by atoms with Gasteiger partial charge in [-0.2, -0.15) is 5.26 Å². The highest BCUT2D eigenvalue weighted by Crippen LogP contribution is 2.22. The Kier molecular flexibility index (Phi) is 7.45. The number of benzene rings is 3. The first-order valence-electron chi connectivity index (χ1n) is 9.89. The van der Waals surface area contributed by atoms with Crippen molar-refractivity contribution in [3.63, 3.8) is 0 Å². The summed E-state index contributed by atoms with van der Waals surface area (Å²) in [5.41, 5.74) is 4.42. The van der Waals surface area contributed by atoms with Gasteiger partial charge < -0.3 is 14.8 Å². The minimum atomic E-state index is -0.239. The van der Waals surface area contributed by atoms with E-state index in [0.717, 1.165) is 22.3 Å². The first-order valence-corrected chi connectivity index (χ1v) is 9.89. The maximum absolute atomic E-state index is 12.5. The largest absolute Gasteiger partial charge is 0.496 e. The van der Waals surface area contributed by atoms with E-state index in [-0.39, 0.29) is 5.91 Å². The van der Waals surface area contributed by atoms with E-state index in [9.17, 15) is 4.79 Å². The zero-order valence-electron chi connectivity index (χ0n) is 17.6. The van der Waals surface area contributed by atoms with E-state index < -0.39 is 0 Å². The molecule has 1 amide bonds. The molecule has 0 aromatic heterocycles. The molecule has 0 atom stereocenters. The molecule has 5 heteroatoms. The summed E-state index contributed by atoms with van der Waals surface area (Å²) in [6.45, 7) is 2.30. The summed E-state index contributed by atoms with van der Waals surface area (Å²) in [6, 6.07) is 22.9. The van der Waals surface area contributed by atoms with E-state index in [4.69, 9.17) is 14.7 Å². The Bertz CT molecular complexity index is 1110. The molecule has 3 rings (SSSR count). The number of carbonyl (C=O) groups excluding carboxylic acids is 1. The third kappa shape index (κ3) is 6.22. The van der Waals surface area contributed by atoms with Gasteiger partial charge in [0.15, 0.2) is 0 Å². The van der Waals surface area contributed by atoms with Crippen molar-refractivity contribution in [3.8, 4) is 17.6 Å². The Morgan fingerprint density at radius 2 is 1.87 bits per heavy atom. The molecule has 0 saturated carbocycles. The molecule has 0 bridgehead atoms. The van der Waals surface area contributed by atoms with Gasteiger partial charge in [0, 0.05) is 22.9 Å². The number of methoxy groups -OCH3 is 1. The van der Waals surface area contributed by atoms with E-state index in [2.05, 4.69) is 11.4 Å². The number of para-hydroxylation sites is 1. The molecular formula is C26H24N2O3. The SMILES string of the molecule is COc1ccc(C)cc1/C=C/C(=O)Nc1ccccc1COc1ccc(CC#N)cc1. The number of rotatable bonds is 8. The molecule has 0 aliphatic rings. The molecule has 0 heterocycles. The molecule has 31 heavy (non-hydrogen) atoms. The number of nitrogens with one attached hydrogen (secondary N) is 1. The number of amides is 1. The van der Waals surface area contributed by atoms with Crippen LogP contribution in [0.4, 0.5) is 5.69 Å². The number of anilines is 1. The summed E-state index contributed by atoms with van der Waals surface area (Å²) < 4.78 is 11.2. The summed E-state index contributed by atoms with van der Waals surface area (Å²) in [5.74, 6) is 1.18. The number of aryl methyl sites for hydroxylation is 1. The summed E-state index contributed by atoms with van der Waals surface area (Å²) in [5, 5.41) is 11.7.